The van der Waals surface area contributed by atoms with Gasteiger partial charge in [0.1, 0.15) is 0 Å². The molecule has 6 heteroatoms. The number of hydrogen-bond acceptors (Lipinski definition) is 4. The van der Waals surface area contributed by atoms with Crippen LogP contribution in [0.3, 0.4) is 0 Å². The lowest BCUT2D eigenvalue weighted by Gasteiger charge is -2.34. The molecule has 2 aromatic carbocycles. The van der Waals surface area contributed by atoms with Crippen molar-refractivity contribution in [2.45, 2.75) is 45.6 Å². The molecule has 0 bridgehead atoms. The van der Waals surface area contributed by atoms with E-state index >= 15 is 0 Å². The SMILES string of the molecule is C[C@H]1[C@@H](NC(=O)COC(=O)c2ccccc2NC(=O)Cc2ccccc2)CCC[C@@H]1C. The lowest BCUT2D eigenvalue weighted by atomic mass is 9.78. The van der Waals surface area contributed by atoms with E-state index in [0.717, 1.165) is 18.4 Å². The highest BCUT2D eigenvalue weighted by atomic mass is 16.5. The molecule has 164 valence electrons. The molecule has 0 unspecified atom stereocenters. The van der Waals surface area contributed by atoms with E-state index in [4.69, 9.17) is 4.74 Å². The summed E-state index contributed by atoms with van der Waals surface area (Å²) in [6.07, 6.45) is 3.41. The maximum atomic E-state index is 12.6. The number of nitrogens with one attached hydrogen (secondary N) is 2. The van der Waals surface area contributed by atoms with Crippen LogP contribution in [0.4, 0.5) is 5.69 Å². The third-order valence-corrected chi connectivity index (χ3v) is 6.02. The summed E-state index contributed by atoms with van der Waals surface area (Å²) in [6, 6.07) is 16.1. The van der Waals surface area contributed by atoms with Crippen LogP contribution in [0.25, 0.3) is 0 Å². The van der Waals surface area contributed by atoms with Gasteiger partial charge >= 0.3 is 5.97 Å². The number of esters is 1. The molecular formula is C25H30N2O4. The van der Waals surface area contributed by atoms with Gasteiger partial charge in [0.05, 0.1) is 17.7 Å². The number of rotatable bonds is 7. The Bertz CT molecular complexity index is 913. The standard InChI is InChI=1S/C25H30N2O4/c1-17-9-8-14-21(18(17)2)26-24(29)16-31-25(30)20-12-6-7-13-22(20)27-23(28)15-19-10-4-3-5-11-19/h3-7,10-13,17-18,21H,8-9,14-16H2,1-2H3,(H,26,29)(H,27,28)/t17-,18+,21-/m0/s1. The van der Waals surface area contributed by atoms with Crippen LogP contribution >= 0.6 is 0 Å². The molecule has 0 heterocycles. The van der Waals surface area contributed by atoms with Gasteiger partial charge in [0.25, 0.3) is 5.91 Å². The first kappa shape index (κ1) is 22.5. The molecular weight excluding hydrogens is 392 g/mol. The Balaban J connectivity index is 1.54. The molecule has 0 aliphatic heterocycles. The van der Waals surface area contributed by atoms with E-state index in [1.807, 2.05) is 30.3 Å². The van der Waals surface area contributed by atoms with Crippen molar-refractivity contribution in [2.24, 2.45) is 11.8 Å². The van der Waals surface area contributed by atoms with E-state index in [-0.39, 0.29) is 36.4 Å². The van der Waals surface area contributed by atoms with Gasteiger partial charge < -0.3 is 15.4 Å². The number of carbonyl (C=O) groups excluding carboxylic acids is 3. The third-order valence-electron chi connectivity index (χ3n) is 6.02. The first-order valence-electron chi connectivity index (χ1n) is 10.8. The van der Waals surface area contributed by atoms with E-state index in [0.29, 0.717) is 17.5 Å². The molecule has 2 N–H and O–H groups in total. The normalized spacial score (nSPS) is 20.5. The highest BCUT2D eigenvalue weighted by Crippen LogP contribution is 2.29. The maximum absolute atomic E-state index is 12.6. The topological polar surface area (TPSA) is 84.5 Å². The molecule has 1 saturated carbocycles. The zero-order chi connectivity index (χ0) is 22.2. The van der Waals surface area contributed by atoms with Crippen LogP contribution < -0.4 is 10.6 Å². The summed E-state index contributed by atoms with van der Waals surface area (Å²) in [6.45, 7) is 4.00. The molecule has 0 spiro atoms. The van der Waals surface area contributed by atoms with Crippen molar-refractivity contribution >= 4 is 23.5 Å². The Kier molecular flexibility index (Phi) is 7.82. The second-order valence-electron chi connectivity index (χ2n) is 8.27. The summed E-state index contributed by atoms with van der Waals surface area (Å²) < 4.78 is 5.23. The van der Waals surface area contributed by atoms with Gasteiger partial charge in [-0.25, -0.2) is 4.79 Å². The molecule has 3 rings (SSSR count). The Labute approximate surface area is 183 Å². The average molecular weight is 423 g/mol. The van der Waals surface area contributed by atoms with Gasteiger partial charge in [0, 0.05) is 6.04 Å². The van der Waals surface area contributed by atoms with Crippen molar-refractivity contribution in [3.63, 3.8) is 0 Å². The zero-order valence-corrected chi connectivity index (χ0v) is 18.1. The van der Waals surface area contributed by atoms with Gasteiger partial charge in [-0.1, -0.05) is 69.2 Å². The Morgan fingerprint density at radius 3 is 2.42 bits per heavy atom. The fraction of sp³-hybridized carbons (Fsp3) is 0.400. The van der Waals surface area contributed by atoms with Crippen molar-refractivity contribution in [1.29, 1.82) is 0 Å². The highest BCUT2D eigenvalue weighted by molar-refractivity contribution is 6.02. The third kappa shape index (κ3) is 6.41. The first-order valence-corrected chi connectivity index (χ1v) is 10.8. The fourth-order valence-electron chi connectivity index (χ4n) is 3.99. The number of hydrogen-bond donors (Lipinski definition) is 2. The summed E-state index contributed by atoms with van der Waals surface area (Å²) in [5, 5.41) is 5.76. The van der Waals surface area contributed by atoms with Crippen molar-refractivity contribution in [3.05, 3.63) is 65.7 Å². The molecule has 0 radical (unpaired) electrons. The molecule has 31 heavy (non-hydrogen) atoms. The second-order valence-corrected chi connectivity index (χ2v) is 8.27. The minimum Gasteiger partial charge on any atom is -0.452 e. The van der Waals surface area contributed by atoms with Crippen LogP contribution in [0.5, 0.6) is 0 Å². The van der Waals surface area contributed by atoms with Crippen LogP contribution in [-0.4, -0.2) is 30.4 Å². The van der Waals surface area contributed by atoms with Crippen molar-refractivity contribution in [2.75, 3.05) is 11.9 Å². The van der Waals surface area contributed by atoms with E-state index in [2.05, 4.69) is 24.5 Å². The lowest BCUT2D eigenvalue weighted by molar-refractivity contribution is -0.125. The van der Waals surface area contributed by atoms with Crippen molar-refractivity contribution in [3.8, 4) is 0 Å². The van der Waals surface area contributed by atoms with E-state index in [1.165, 1.54) is 6.42 Å². The Morgan fingerprint density at radius 2 is 1.65 bits per heavy atom. The fourth-order valence-corrected chi connectivity index (χ4v) is 3.99. The second kappa shape index (κ2) is 10.8. The molecule has 1 aliphatic rings. The first-order chi connectivity index (χ1) is 14.9. The number of para-hydroxylation sites is 1. The molecule has 6 nitrogen and oxygen atoms in total. The van der Waals surface area contributed by atoms with Crippen LogP contribution in [0, 0.1) is 11.8 Å². The van der Waals surface area contributed by atoms with E-state index < -0.39 is 5.97 Å². The van der Waals surface area contributed by atoms with Crippen LogP contribution in [0.2, 0.25) is 0 Å². The van der Waals surface area contributed by atoms with Gasteiger partial charge in [-0.05, 0) is 36.0 Å². The van der Waals surface area contributed by atoms with E-state index in [9.17, 15) is 14.4 Å². The maximum Gasteiger partial charge on any atom is 0.340 e. The number of ether oxygens (including phenoxy) is 1. The summed E-state index contributed by atoms with van der Waals surface area (Å²) in [4.78, 5) is 37.2. The Hall–Kier alpha value is -3.15. The zero-order valence-electron chi connectivity index (χ0n) is 18.1. The van der Waals surface area contributed by atoms with Crippen molar-refractivity contribution < 1.29 is 19.1 Å². The summed E-state index contributed by atoms with van der Waals surface area (Å²) in [5.41, 5.74) is 1.46. The number of anilines is 1. The lowest BCUT2D eigenvalue weighted by Crippen LogP contribution is -2.45. The van der Waals surface area contributed by atoms with Gasteiger partial charge in [0.15, 0.2) is 6.61 Å². The molecule has 2 amide bonds. The van der Waals surface area contributed by atoms with Gasteiger partial charge in [0.2, 0.25) is 5.91 Å². The number of benzene rings is 2. The summed E-state index contributed by atoms with van der Waals surface area (Å²) >= 11 is 0. The van der Waals surface area contributed by atoms with Crippen LogP contribution in [0.1, 0.15) is 49.0 Å². The number of carbonyl (C=O) groups is 3. The molecule has 0 aromatic heterocycles. The predicted molar refractivity (Wildman–Crippen MR) is 120 cm³/mol. The van der Waals surface area contributed by atoms with Crippen LogP contribution in [0.15, 0.2) is 54.6 Å². The number of amides is 2. The van der Waals surface area contributed by atoms with Gasteiger partial charge in [-0.2, -0.15) is 0 Å². The minimum absolute atomic E-state index is 0.111. The largest absolute Gasteiger partial charge is 0.452 e. The monoisotopic (exact) mass is 422 g/mol. The molecule has 2 aromatic rings. The molecule has 3 atom stereocenters. The summed E-state index contributed by atoms with van der Waals surface area (Å²) in [7, 11) is 0. The van der Waals surface area contributed by atoms with E-state index in [1.54, 1.807) is 24.3 Å². The van der Waals surface area contributed by atoms with Gasteiger partial charge in [-0.15, -0.1) is 0 Å². The van der Waals surface area contributed by atoms with Crippen LogP contribution in [-0.2, 0) is 20.7 Å². The van der Waals surface area contributed by atoms with Crippen molar-refractivity contribution in [1.82, 2.24) is 5.32 Å². The smallest absolute Gasteiger partial charge is 0.340 e. The van der Waals surface area contributed by atoms with Gasteiger partial charge in [-0.3, -0.25) is 9.59 Å². The highest BCUT2D eigenvalue weighted by Gasteiger charge is 2.28. The molecule has 1 fully saturated rings. The predicted octanol–water partition coefficient (Wildman–Crippen LogP) is 3.97. The molecule has 1 aliphatic carbocycles. The average Bonchev–Trinajstić information content (AvgIpc) is 2.76. The Morgan fingerprint density at radius 1 is 0.935 bits per heavy atom. The quantitative estimate of drug-likeness (QED) is 0.662. The summed E-state index contributed by atoms with van der Waals surface area (Å²) in [5.74, 6) is -0.216. The molecule has 0 saturated heterocycles. The minimum atomic E-state index is -0.643.